The normalized spacial score (nSPS) is 12.0. The van der Waals surface area contributed by atoms with E-state index in [1.807, 2.05) is 0 Å². The van der Waals surface area contributed by atoms with Crippen molar-refractivity contribution in [3.8, 4) is 5.75 Å². The Balaban J connectivity index is 2.19. The summed E-state index contributed by atoms with van der Waals surface area (Å²) in [7, 11) is 0. The van der Waals surface area contributed by atoms with Crippen LogP contribution in [0, 0.1) is 0 Å². The van der Waals surface area contributed by atoms with Gasteiger partial charge < -0.3 is 15.2 Å². The van der Waals surface area contributed by atoms with Gasteiger partial charge in [-0.1, -0.05) is 25.1 Å². The van der Waals surface area contributed by atoms with Gasteiger partial charge in [-0.3, -0.25) is 4.79 Å². The molecule has 0 fully saturated rings. The minimum atomic E-state index is -2.96. The van der Waals surface area contributed by atoms with Gasteiger partial charge in [0.05, 0.1) is 10.9 Å². The van der Waals surface area contributed by atoms with Gasteiger partial charge in [0.1, 0.15) is 10.6 Å². The van der Waals surface area contributed by atoms with Gasteiger partial charge in [0, 0.05) is 5.56 Å². The number of ether oxygens (including phenoxy) is 1. The minimum Gasteiger partial charge on any atom is -0.477 e. The van der Waals surface area contributed by atoms with Crippen molar-refractivity contribution >= 4 is 23.2 Å². The van der Waals surface area contributed by atoms with E-state index in [1.54, 1.807) is 25.1 Å². The van der Waals surface area contributed by atoms with E-state index in [4.69, 9.17) is 5.11 Å². The summed E-state index contributed by atoms with van der Waals surface area (Å²) in [6.45, 7) is -1.17. The Kier molecular flexibility index (Phi) is 5.86. The zero-order chi connectivity index (χ0) is 17.7. The molecule has 2 aromatic rings. The first kappa shape index (κ1) is 17.9. The van der Waals surface area contributed by atoms with Crippen LogP contribution in [0.2, 0.25) is 0 Å². The highest BCUT2D eigenvalue weighted by Gasteiger charge is 2.20. The monoisotopic (exact) mass is 355 g/mol. The number of benzene rings is 1. The van der Waals surface area contributed by atoms with Crippen LogP contribution >= 0.6 is 11.3 Å². The molecule has 0 saturated carbocycles. The number of aromatic carboxylic acids is 1. The van der Waals surface area contributed by atoms with Crippen molar-refractivity contribution in [2.75, 3.05) is 0 Å². The highest BCUT2D eigenvalue weighted by Crippen LogP contribution is 2.29. The molecule has 24 heavy (non-hydrogen) atoms. The Bertz CT molecular complexity index is 732. The van der Waals surface area contributed by atoms with E-state index in [2.05, 4.69) is 10.1 Å². The van der Waals surface area contributed by atoms with E-state index in [-0.39, 0.29) is 15.5 Å². The number of hydrogen-bond acceptors (Lipinski definition) is 4. The van der Waals surface area contributed by atoms with Crippen LogP contribution < -0.4 is 10.1 Å². The third kappa shape index (κ3) is 4.29. The Labute approximate surface area is 140 Å². The minimum absolute atomic E-state index is 0.00273. The van der Waals surface area contributed by atoms with Crippen LogP contribution in [-0.4, -0.2) is 23.6 Å². The molecule has 1 aromatic heterocycles. The number of thiophene rings is 1. The molecule has 8 heteroatoms. The number of para-hydroxylation sites is 1. The van der Waals surface area contributed by atoms with Crippen molar-refractivity contribution in [3.05, 3.63) is 51.7 Å². The maximum Gasteiger partial charge on any atom is 0.387 e. The first-order chi connectivity index (χ1) is 11.4. The maximum absolute atomic E-state index is 12.5. The molecule has 2 rings (SSSR count). The molecule has 1 amide bonds. The molecule has 1 aromatic carbocycles. The van der Waals surface area contributed by atoms with Crippen molar-refractivity contribution in [2.24, 2.45) is 0 Å². The number of nitrogens with one attached hydrogen (secondary N) is 1. The summed E-state index contributed by atoms with van der Waals surface area (Å²) in [5.41, 5.74) is 0.434. The number of carbonyl (C=O) groups is 2. The highest BCUT2D eigenvalue weighted by atomic mass is 32.1. The zero-order valence-corrected chi connectivity index (χ0v) is 13.5. The van der Waals surface area contributed by atoms with Crippen molar-refractivity contribution in [2.45, 2.75) is 26.0 Å². The third-order valence-corrected chi connectivity index (χ3v) is 4.34. The molecule has 0 saturated heterocycles. The molecular formula is C16H15F2NO4S. The Hall–Kier alpha value is -2.48. The smallest absolute Gasteiger partial charge is 0.387 e. The second-order valence-electron chi connectivity index (χ2n) is 4.82. The van der Waals surface area contributed by atoms with Gasteiger partial charge in [0.25, 0.3) is 5.91 Å². The third-order valence-electron chi connectivity index (χ3n) is 3.26. The van der Waals surface area contributed by atoms with E-state index in [0.717, 1.165) is 11.3 Å². The Morgan fingerprint density at radius 3 is 2.46 bits per heavy atom. The second-order valence-corrected chi connectivity index (χ2v) is 5.90. The number of carboxylic acids is 1. The summed E-state index contributed by atoms with van der Waals surface area (Å²) < 4.78 is 29.5. The lowest BCUT2D eigenvalue weighted by atomic mass is 10.0. The number of rotatable bonds is 7. The fourth-order valence-electron chi connectivity index (χ4n) is 2.18. The number of amides is 1. The van der Waals surface area contributed by atoms with Crippen LogP contribution in [0.1, 0.15) is 44.3 Å². The first-order valence-corrected chi connectivity index (χ1v) is 7.91. The Morgan fingerprint density at radius 1 is 1.21 bits per heavy atom. The van der Waals surface area contributed by atoms with Crippen LogP contribution in [0.3, 0.4) is 0 Å². The molecule has 5 nitrogen and oxygen atoms in total. The molecule has 0 aliphatic heterocycles. The van der Waals surface area contributed by atoms with Crippen LogP contribution in [0.5, 0.6) is 5.75 Å². The van der Waals surface area contributed by atoms with Gasteiger partial charge in [0.2, 0.25) is 0 Å². The van der Waals surface area contributed by atoms with Gasteiger partial charge >= 0.3 is 12.6 Å². The summed E-state index contributed by atoms with van der Waals surface area (Å²) in [6.07, 6.45) is 0.451. The fraction of sp³-hybridized carbons (Fsp3) is 0.250. The number of hydrogen-bond donors (Lipinski definition) is 2. The lowest BCUT2D eigenvalue weighted by Gasteiger charge is -2.20. The summed E-state index contributed by atoms with van der Waals surface area (Å²) >= 11 is 0.849. The topological polar surface area (TPSA) is 75.6 Å². The van der Waals surface area contributed by atoms with E-state index in [1.165, 1.54) is 18.2 Å². The quantitative estimate of drug-likeness (QED) is 0.789. The highest BCUT2D eigenvalue weighted by molar-refractivity contribution is 7.15. The molecule has 1 heterocycles. The molecule has 0 radical (unpaired) electrons. The molecule has 0 spiro atoms. The SMILES string of the molecule is CCC(NC(=O)c1ccc(C(=O)O)s1)c1ccccc1OC(F)F. The molecule has 0 aliphatic carbocycles. The van der Waals surface area contributed by atoms with E-state index in [0.29, 0.717) is 12.0 Å². The largest absolute Gasteiger partial charge is 0.477 e. The van der Waals surface area contributed by atoms with Gasteiger partial charge in [-0.05, 0) is 24.6 Å². The summed E-state index contributed by atoms with van der Waals surface area (Å²) in [4.78, 5) is 23.4. The molecule has 128 valence electrons. The average molecular weight is 355 g/mol. The van der Waals surface area contributed by atoms with E-state index in [9.17, 15) is 18.4 Å². The lowest BCUT2D eigenvalue weighted by molar-refractivity contribution is -0.0507. The predicted molar refractivity (Wildman–Crippen MR) is 84.9 cm³/mol. The van der Waals surface area contributed by atoms with Crippen molar-refractivity contribution in [3.63, 3.8) is 0 Å². The van der Waals surface area contributed by atoms with Crippen molar-refractivity contribution in [1.29, 1.82) is 0 Å². The second kappa shape index (κ2) is 7.87. The van der Waals surface area contributed by atoms with Gasteiger partial charge in [-0.2, -0.15) is 8.78 Å². The maximum atomic E-state index is 12.5. The van der Waals surface area contributed by atoms with E-state index >= 15 is 0 Å². The summed E-state index contributed by atoms with van der Waals surface area (Å²) in [5.74, 6) is -1.58. The van der Waals surface area contributed by atoms with Gasteiger partial charge in [-0.25, -0.2) is 4.79 Å². The molecule has 1 unspecified atom stereocenters. The first-order valence-electron chi connectivity index (χ1n) is 7.10. The molecule has 1 atom stereocenters. The zero-order valence-electron chi connectivity index (χ0n) is 12.7. The summed E-state index contributed by atoms with van der Waals surface area (Å²) in [5, 5.41) is 11.6. The lowest BCUT2D eigenvalue weighted by Crippen LogP contribution is -2.28. The van der Waals surface area contributed by atoms with Gasteiger partial charge in [-0.15, -0.1) is 11.3 Å². The standard InChI is InChI=1S/C16H15F2NO4S/c1-2-10(9-5-3-4-6-11(9)23-16(17)18)19-14(20)12-7-8-13(24-12)15(21)22/h3-8,10,16H,2H2,1H3,(H,19,20)(H,21,22). The summed E-state index contributed by atoms with van der Waals surface area (Å²) in [6, 6.07) is 8.45. The number of carboxylic acid groups (broad SMARTS) is 1. The average Bonchev–Trinajstić information content (AvgIpc) is 3.03. The Morgan fingerprint density at radius 2 is 1.88 bits per heavy atom. The number of carbonyl (C=O) groups excluding carboxylic acids is 1. The van der Waals surface area contributed by atoms with Crippen molar-refractivity contribution in [1.82, 2.24) is 5.32 Å². The molecular weight excluding hydrogens is 340 g/mol. The van der Waals surface area contributed by atoms with Gasteiger partial charge in [0.15, 0.2) is 0 Å². The predicted octanol–water partition coefficient (Wildman–Crippen LogP) is 3.93. The number of halogens is 2. The molecule has 2 N–H and O–H groups in total. The van der Waals surface area contributed by atoms with Crippen LogP contribution in [0.15, 0.2) is 36.4 Å². The van der Waals surface area contributed by atoms with Crippen LogP contribution in [-0.2, 0) is 0 Å². The van der Waals surface area contributed by atoms with Crippen LogP contribution in [0.25, 0.3) is 0 Å². The van der Waals surface area contributed by atoms with E-state index < -0.39 is 24.5 Å². The molecule has 0 aliphatic rings. The fourth-order valence-corrected chi connectivity index (χ4v) is 2.92. The number of alkyl halides is 2. The molecule has 0 bridgehead atoms. The van der Waals surface area contributed by atoms with Crippen molar-refractivity contribution < 1.29 is 28.2 Å². The van der Waals surface area contributed by atoms with Crippen LogP contribution in [0.4, 0.5) is 8.78 Å².